The van der Waals surface area contributed by atoms with Crippen LogP contribution in [0.4, 0.5) is 5.13 Å². The lowest BCUT2D eigenvalue weighted by atomic mass is 10.0. The number of benzene rings is 2. The Bertz CT molecular complexity index is 1230. The average Bonchev–Trinajstić information content (AvgIpc) is 3.36. The number of esters is 1. The quantitative estimate of drug-likeness (QED) is 0.388. The lowest BCUT2D eigenvalue weighted by Crippen LogP contribution is -2.27. The molecule has 1 fully saturated rings. The smallest absolute Gasteiger partial charge is 0.311 e. The van der Waals surface area contributed by atoms with Gasteiger partial charge in [-0.3, -0.25) is 19.3 Å². The van der Waals surface area contributed by atoms with Crippen molar-refractivity contribution in [1.29, 1.82) is 0 Å². The fourth-order valence-corrected chi connectivity index (χ4v) is 4.74. The third-order valence-electron chi connectivity index (χ3n) is 5.97. The number of carbonyl (C=O) groups is 3. The van der Waals surface area contributed by atoms with Gasteiger partial charge in [-0.15, -0.1) is 11.3 Å². The molecule has 0 saturated carbocycles. The number of carbonyl (C=O) groups excluding carboxylic acids is 3. The minimum absolute atomic E-state index is 0.0508. The molecule has 0 bridgehead atoms. The highest BCUT2D eigenvalue weighted by molar-refractivity contribution is 7.16. The van der Waals surface area contributed by atoms with Crippen molar-refractivity contribution < 1.29 is 19.1 Å². The monoisotopic (exact) mass is 462 g/mol. The van der Waals surface area contributed by atoms with Crippen molar-refractivity contribution in [2.24, 2.45) is 5.92 Å². The maximum absolute atomic E-state index is 12.6. The van der Waals surface area contributed by atoms with E-state index in [0.717, 1.165) is 27.3 Å². The van der Waals surface area contributed by atoms with Crippen molar-refractivity contribution in [3.05, 3.63) is 69.6 Å². The molecule has 7 heteroatoms. The highest BCUT2D eigenvalue weighted by Crippen LogP contribution is 2.35. The molecule has 4 rings (SSSR count). The molecule has 1 aliphatic rings. The van der Waals surface area contributed by atoms with Crippen LogP contribution in [-0.4, -0.2) is 35.8 Å². The highest BCUT2D eigenvalue weighted by Gasteiger charge is 2.38. The predicted molar refractivity (Wildman–Crippen MR) is 129 cm³/mol. The molecule has 1 atom stereocenters. The Labute approximate surface area is 197 Å². The van der Waals surface area contributed by atoms with Crippen molar-refractivity contribution in [2.45, 2.75) is 34.1 Å². The molecule has 1 saturated heterocycles. The van der Waals surface area contributed by atoms with Gasteiger partial charge >= 0.3 is 5.97 Å². The van der Waals surface area contributed by atoms with Crippen LogP contribution in [0.25, 0.3) is 11.3 Å². The van der Waals surface area contributed by atoms with Crippen LogP contribution in [0.2, 0.25) is 0 Å². The summed E-state index contributed by atoms with van der Waals surface area (Å²) in [6.07, 6.45) is 0.0508. The molecule has 1 aromatic heterocycles. The Hall–Kier alpha value is -3.32. The number of aromatic nitrogens is 1. The van der Waals surface area contributed by atoms with Gasteiger partial charge in [0, 0.05) is 29.0 Å². The first-order valence-electron chi connectivity index (χ1n) is 10.8. The van der Waals surface area contributed by atoms with Crippen molar-refractivity contribution in [2.75, 3.05) is 18.1 Å². The van der Waals surface area contributed by atoms with Gasteiger partial charge in [0.1, 0.15) is 0 Å². The number of hydrogen-bond donors (Lipinski definition) is 0. The van der Waals surface area contributed by atoms with E-state index in [1.807, 2.05) is 58.0 Å². The fourth-order valence-electron chi connectivity index (χ4n) is 3.78. The zero-order chi connectivity index (χ0) is 23.7. The minimum Gasteiger partial charge on any atom is -0.457 e. The summed E-state index contributed by atoms with van der Waals surface area (Å²) in [5.74, 6) is -1.57. The van der Waals surface area contributed by atoms with E-state index in [4.69, 9.17) is 4.74 Å². The van der Waals surface area contributed by atoms with Gasteiger partial charge in [0.15, 0.2) is 17.5 Å². The Morgan fingerprint density at radius 3 is 2.48 bits per heavy atom. The number of thiazole rings is 1. The number of ketones is 1. The minimum atomic E-state index is -0.614. The largest absolute Gasteiger partial charge is 0.457 e. The highest BCUT2D eigenvalue weighted by atomic mass is 32.1. The molecular formula is C26H26N2O4S. The van der Waals surface area contributed by atoms with Gasteiger partial charge in [0.05, 0.1) is 11.6 Å². The molecule has 0 N–H and O–H groups in total. The zero-order valence-electron chi connectivity index (χ0n) is 19.2. The number of Topliss-reactive ketones (excluding diaryl/α,β-unsaturated/α-hetero) is 1. The standard InChI is InChI=1S/C26H26N2O4S/c1-15-5-8-19(9-6-15)24-18(4)33-26(27-24)28-13-21(12-23(28)30)25(31)32-14-22(29)20-10-7-16(2)17(3)11-20/h5-11,21H,12-14H2,1-4H3/t21-/m1/s1. The molecule has 170 valence electrons. The van der Waals surface area contributed by atoms with E-state index in [0.29, 0.717) is 10.7 Å². The summed E-state index contributed by atoms with van der Waals surface area (Å²) in [5.41, 5.74) is 5.61. The van der Waals surface area contributed by atoms with E-state index in [1.165, 1.54) is 16.9 Å². The van der Waals surface area contributed by atoms with E-state index in [9.17, 15) is 14.4 Å². The van der Waals surface area contributed by atoms with Gasteiger partial charge in [-0.2, -0.15) is 0 Å². The molecule has 33 heavy (non-hydrogen) atoms. The molecule has 0 aliphatic carbocycles. The molecule has 0 radical (unpaired) electrons. The van der Waals surface area contributed by atoms with Crippen LogP contribution in [-0.2, 0) is 14.3 Å². The van der Waals surface area contributed by atoms with Crippen molar-refractivity contribution >= 4 is 34.1 Å². The molecular weight excluding hydrogens is 436 g/mol. The number of rotatable bonds is 6. The summed E-state index contributed by atoms with van der Waals surface area (Å²) in [7, 11) is 0. The first kappa shape index (κ1) is 22.9. The molecule has 2 heterocycles. The average molecular weight is 463 g/mol. The number of aryl methyl sites for hydroxylation is 4. The Kier molecular flexibility index (Phi) is 6.42. The molecule has 1 amide bonds. The number of anilines is 1. The van der Waals surface area contributed by atoms with Crippen molar-refractivity contribution in [3.63, 3.8) is 0 Å². The SMILES string of the molecule is Cc1ccc(-c2nc(N3C[C@H](C(=O)OCC(=O)c4ccc(C)c(C)c4)CC3=O)sc2C)cc1. The van der Waals surface area contributed by atoms with Gasteiger partial charge in [-0.1, -0.05) is 42.0 Å². The zero-order valence-corrected chi connectivity index (χ0v) is 20.0. The van der Waals surface area contributed by atoms with Crippen LogP contribution >= 0.6 is 11.3 Å². The van der Waals surface area contributed by atoms with E-state index < -0.39 is 11.9 Å². The van der Waals surface area contributed by atoms with Crippen molar-refractivity contribution in [3.8, 4) is 11.3 Å². The number of nitrogens with zero attached hydrogens (tertiary/aromatic N) is 2. The maximum Gasteiger partial charge on any atom is 0.311 e. The van der Waals surface area contributed by atoms with Crippen molar-refractivity contribution in [1.82, 2.24) is 4.98 Å². The molecule has 2 aromatic carbocycles. The number of ether oxygens (including phenoxy) is 1. The Morgan fingerprint density at radius 2 is 1.79 bits per heavy atom. The van der Waals surface area contributed by atoms with E-state index in [1.54, 1.807) is 17.0 Å². The molecule has 6 nitrogen and oxygen atoms in total. The Morgan fingerprint density at radius 1 is 1.06 bits per heavy atom. The normalized spacial score (nSPS) is 15.7. The summed E-state index contributed by atoms with van der Waals surface area (Å²) in [4.78, 5) is 44.9. The lowest BCUT2D eigenvalue weighted by molar-refractivity contribution is -0.147. The number of hydrogen-bond acceptors (Lipinski definition) is 6. The van der Waals surface area contributed by atoms with Crippen LogP contribution in [0.3, 0.4) is 0 Å². The second kappa shape index (κ2) is 9.27. The molecule has 3 aromatic rings. The van der Waals surface area contributed by atoms with Gasteiger partial charge < -0.3 is 4.74 Å². The van der Waals surface area contributed by atoms with E-state index in [-0.39, 0.29) is 31.3 Å². The van der Waals surface area contributed by atoms with E-state index in [2.05, 4.69) is 4.98 Å². The summed E-state index contributed by atoms with van der Waals surface area (Å²) >= 11 is 1.43. The molecule has 0 unspecified atom stereocenters. The maximum atomic E-state index is 12.6. The fraction of sp³-hybridized carbons (Fsp3) is 0.308. The van der Waals surface area contributed by atoms with Crippen LogP contribution in [0.15, 0.2) is 42.5 Å². The summed E-state index contributed by atoms with van der Waals surface area (Å²) in [5, 5.41) is 0.578. The topological polar surface area (TPSA) is 76.6 Å². The summed E-state index contributed by atoms with van der Waals surface area (Å²) in [6.45, 7) is 7.78. The molecule has 1 aliphatic heterocycles. The van der Waals surface area contributed by atoms with Crippen LogP contribution in [0, 0.1) is 33.6 Å². The van der Waals surface area contributed by atoms with Crippen LogP contribution < -0.4 is 4.90 Å². The summed E-state index contributed by atoms with van der Waals surface area (Å²) < 4.78 is 5.27. The first-order chi connectivity index (χ1) is 15.7. The third-order valence-corrected chi connectivity index (χ3v) is 6.97. The molecule has 0 spiro atoms. The third kappa shape index (κ3) is 4.88. The van der Waals surface area contributed by atoms with E-state index >= 15 is 0 Å². The van der Waals surface area contributed by atoms with Crippen LogP contribution in [0.1, 0.15) is 38.3 Å². The second-order valence-electron chi connectivity index (χ2n) is 8.50. The Balaban J connectivity index is 1.40. The number of amides is 1. The van der Waals surface area contributed by atoms with Gasteiger partial charge in [-0.25, -0.2) is 4.98 Å². The van der Waals surface area contributed by atoms with Crippen LogP contribution in [0.5, 0.6) is 0 Å². The lowest BCUT2D eigenvalue weighted by Gasteiger charge is -2.13. The van der Waals surface area contributed by atoms with Gasteiger partial charge in [0.25, 0.3) is 0 Å². The predicted octanol–water partition coefficient (Wildman–Crippen LogP) is 4.82. The second-order valence-corrected chi connectivity index (χ2v) is 9.68. The van der Waals surface area contributed by atoms with Gasteiger partial charge in [0.2, 0.25) is 5.91 Å². The first-order valence-corrected chi connectivity index (χ1v) is 11.7. The van der Waals surface area contributed by atoms with Gasteiger partial charge in [-0.05, 0) is 44.9 Å². The summed E-state index contributed by atoms with van der Waals surface area (Å²) in [6, 6.07) is 13.5.